The molecule has 0 aliphatic rings. The number of aliphatic hydroxyl groups is 1. The Morgan fingerprint density at radius 1 is 1.42 bits per heavy atom. The number of nitrogen functional groups attached to an aromatic ring is 1. The van der Waals surface area contributed by atoms with Crippen LogP contribution in [0.1, 0.15) is 33.6 Å². The lowest BCUT2D eigenvalue weighted by Crippen LogP contribution is -2.35. The van der Waals surface area contributed by atoms with Crippen molar-refractivity contribution >= 4 is 11.5 Å². The van der Waals surface area contributed by atoms with Crippen LogP contribution in [0.15, 0.2) is 9.59 Å². The van der Waals surface area contributed by atoms with Gasteiger partial charge in [-0.1, -0.05) is 6.92 Å². The first kappa shape index (κ1) is 15.3. The van der Waals surface area contributed by atoms with Crippen molar-refractivity contribution in [3.63, 3.8) is 0 Å². The molecule has 5 N–H and O–H groups in total. The van der Waals surface area contributed by atoms with Gasteiger partial charge in [0.15, 0.2) is 0 Å². The van der Waals surface area contributed by atoms with Crippen molar-refractivity contribution in [2.75, 3.05) is 11.1 Å². The molecule has 0 fully saturated rings. The average molecular weight is 270 g/mol. The zero-order valence-corrected chi connectivity index (χ0v) is 11.6. The Bertz CT molecular complexity index is 533. The third kappa shape index (κ3) is 3.85. The van der Waals surface area contributed by atoms with Gasteiger partial charge in [-0.05, 0) is 26.7 Å². The van der Waals surface area contributed by atoms with Gasteiger partial charge in [0, 0.05) is 12.6 Å². The van der Waals surface area contributed by atoms with Gasteiger partial charge in [-0.25, -0.2) is 4.79 Å². The fourth-order valence-electron chi connectivity index (χ4n) is 1.99. The number of nitrogens with zero attached hydrogens (tertiary/aromatic N) is 1. The highest BCUT2D eigenvalue weighted by atomic mass is 16.3. The van der Waals surface area contributed by atoms with Gasteiger partial charge in [-0.2, -0.15) is 0 Å². The molecule has 0 spiro atoms. The first-order chi connectivity index (χ1) is 8.86. The van der Waals surface area contributed by atoms with Crippen LogP contribution in [0.3, 0.4) is 0 Å². The third-order valence-corrected chi connectivity index (χ3v) is 2.77. The Hall–Kier alpha value is -1.76. The van der Waals surface area contributed by atoms with Crippen LogP contribution in [0.25, 0.3) is 0 Å². The second kappa shape index (κ2) is 6.42. The Morgan fingerprint density at radius 3 is 2.58 bits per heavy atom. The molecule has 1 heterocycles. The van der Waals surface area contributed by atoms with Crippen molar-refractivity contribution in [3.05, 3.63) is 20.8 Å². The minimum atomic E-state index is -0.535. The maximum atomic E-state index is 11.8. The lowest BCUT2D eigenvalue weighted by Gasteiger charge is -2.18. The molecule has 0 radical (unpaired) electrons. The number of hydrogen-bond acceptors (Lipinski definition) is 5. The van der Waals surface area contributed by atoms with Crippen LogP contribution >= 0.6 is 0 Å². The Morgan fingerprint density at radius 2 is 2.05 bits per heavy atom. The van der Waals surface area contributed by atoms with Gasteiger partial charge in [0.1, 0.15) is 11.5 Å². The van der Waals surface area contributed by atoms with Gasteiger partial charge in [0.25, 0.3) is 5.56 Å². The van der Waals surface area contributed by atoms with E-state index in [9.17, 15) is 14.7 Å². The van der Waals surface area contributed by atoms with Crippen molar-refractivity contribution in [1.29, 1.82) is 0 Å². The van der Waals surface area contributed by atoms with E-state index < -0.39 is 17.4 Å². The van der Waals surface area contributed by atoms with E-state index in [1.807, 2.05) is 13.8 Å². The Kier molecular flexibility index (Phi) is 5.17. The quantitative estimate of drug-likeness (QED) is 0.585. The topological polar surface area (TPSA) is 113 Å². The summed E-state index contributed by atoms with van der Waals surface area (Å²) in [6, 6.07) is -0.129. The molecule has 0 aromatic carbocycles. The van der Waals surface area contributed by atoms with E-state index in [2.05, 4.69) is 10.3 Å². The molecule has 0 bridgehead atoms. The summed E-state index contributed by atoms with van der Waals surface area (Å²) >= 11 is 0. The summed E-state index contributed by atoms with van der Waals surface area (Å²) in [7, 11) is 0. The smallest absolute Gasteiger partial charge is 0.330 e. The molecule has 19 heavy (non-hydrogen) atoms. The minimum Gasteiger partial charge on any atom is -0.393 e. The average Bonchev–Trinajstić information content (AvgIpc) is 2.29. The maximum absolute atomic E-state index is 11.8. The van der Waals surface area contributed by atoms with Gasteiger partial charge in [-0.15, -0.1) is 0 Å². The van der Waals surface area contributed by atoms with Gasteiger partial charge < -0.3 is 16.2 Å². The zero-order valence-electron chi connectivity index (χ0n) is 11.6. The summed E-state index contributed by atoms with van der Waals surface area (Å²) in [4.78, 5) is 25.6. The first-order valence-electron chi connectivity index (χ1n) is 6.44. The molecular weight excluding hydrogens is 248 g/mol. The number of aromatic nitrogens is 2. The predicted molar refractivity (Wildman–Crippen MR) is 75.4 cm³/mol. The lowest BCUT2D eigenvalue weighted by atomic mass is 10.1. The summed E-state index contributed by atoms with van der Waals surface area (Å²) < 4.78 is 1.33. The summed E-state index contributed by atoms with van der Waals surface area (Å²) in [5, 5.41) is 12.3. The molecule has 0 aliphatic carbocycles. The van der Waals surface area contributed by atoms with E-state index in [-0.39, 0.29) is 17.5 Å². The minimum absolute atomic E-state index is 0.129. The standard InChI is InChI=1S/C12H22N4O3/c1-4-5-16-10(13)9(11(18)15-12(16)19)14-7(2)6-8(3)17/h7-8,14,17H,4-6,13H2,1-3H3,(H,15,18,19). The second-order valence-electron chi connectivity index (χ2n) is 4.80. The van der Waals surface area contributed by atoms with Gasteiger partial charge in [0.2, 0.25) is 0 Å². The number of aliphatic hydroxyl groups excluding tert-OH is 1. The molecule has 0 amide bonds. The molecule has 0 saturated carbocycles. The van der Waals surface area contributed by atoms with Crippen molar-refractivity contribution in [3.8, 4) is 0 Å². The van der Waals surface area contributed by atoms with Crippen molar-refractivity contribution < 1.29 is 5.11 Å². The molecule has 7 heteroatoms. The van der Waals surface area contributed by atoms with E-state index in [0.29, 0.717) is 13.0 Å². The highest BCUT2D eigenvalue weighted by Crippen LogP contribution is 2.13. The molecule has 1 aromatic heterocycles. The van der Waals surface area contributed by atoms with E-state index in [4.69, 9.17) is 5.73 Å². The fraction of sp³-hybridized carbons (Fsp3) is 0.667. The fourth-order valence-corrected chi connectivity index (χ4v) is 1.99. The van der Waals surface area contributed by atoms with Crippen LogP contribution in [0.5, 0.6) is 0 Å². The number of nitrogens with one attached hydrogen (secondary N) is 2. The number of nitrogens with two attached hydrogens (primary N) is 1. The number of H-pyrrole nitrogens is 1. The molecule has 0 saturated heterocycles. The Labute approximate surface area is 111 Å². The van der Waals surface area contributed by atoms with Crippen LogP contribution in [-0.2, 0) is 6.54 Å². The monoisotopic (exact) mass is 270 g/mol. The maximum Gasteiger partial charge on any atom is 0.330 e. The normalized spacial score (nSPS) is 14.1. The number of hydrogen-bond donors (Lipinski definition) is 4. The summed E-state index contributed by atoms with van der Waals surface area (Å²) in [5.41, 5.74) is 5.01. The predicted octanol–water partition coefficient (Wildman–Crippen LogP) is 0.100. The van der Waals surface area contributed by atoms with E-state index in [1.54, 1.807) is 6.92 Å². The summed E-state index contributed by atoms with van der Waals surface area (Å²) in [6.07, 6.45) is 0.731. The number of aromatic amines is 1. The number of rotatable bonds is 6. The van der Waals surface area contributed by atoms with Crippen LogP contribution in [0.2, 0.25) is 0 Å². The molecule has 7 nitrogen and oxygen atoms in total. The molecule has 1 aromatic rings. The van der Waals surface area contributed by atoms with Crippen molar-refractivity contribution in [2.24, 2.45) is 0 Å². The van der Waals surface area contributed by atoms with E-state index in [0.717, 1.165) is 6.42 Å². The van der Waals surface area contributed by atoms with Crippen LogP contribution in [0, 0.1) is 0 Å². The van der Waals surface area contributed by atoms with Crippen molar-refractivity contribution in [2.45, 2.75) is 52.3 Å². The first-order valence-corrected chi connectivity index (χ1v) is 6.44. The summed E-state index contributed by atoms with van der Waals surface area (Å²) in [5.74, 6) is 0.132. The van der Waals surface area contributed by atoms with Crippen LogP contribution in [-0.4, -0.2) is 26.8 Å². The van der Waals surface area contributed by atoms with Crippen LogP contribution in [0.4, 0.5) is 11.5 Å². The molecule has 0 aliphatic heterocycles. The highest BCUT2D eigenvalue weighted by Gasteiger charge is 2.14. The van der Waals surface area contributed by atoms with Gasteiger partial charge in [0.05, 0.1) is 6.10 Å². The Balaban J connectivity index is 3.10. The van der Waals surface area contributed by atoms with E-state index in [1.165, 1.54) is 4.57 Å². The molecule has 2 atom stereocenters. The highest BCUT2D eigenvalue weighted by molar-refractivity contribution is 5.60. The summed E-state index contributed by atoms with van der Waals surface area (Å²) in [6.45, 7) is 5.87. The van der Waals surface area contributed by atoms with Gasteiger partial charge >= 0.3 is 5.69 Å². The molecule has 2 unspecified atom stereocenters. The van der Waals surface area contributed by atoms with Crippen molar-refractivity contribution in [1.82, 2.24) is 9.55 Å². The molecular formula is C12H22N4O3. The van der Waals surface area contributed by atoms with Crippen LogP contribution < -0.4 is 22.3 Å². The molecule has 1 rings (SSSR count). The SMILES string of the molecule is CCCn1c(N)c(NC(C)CC(C)O)c(=O)[nH]c1=O. The zero-order chi connectivity index (χ0) is 14.6. The third-order valence-electron chi connectivity index (χ3n) is 2.77. The second-order valence-corrected chi connectivity index (χ2v) is 4.80. The van der Waals surface area contributed by atoms with E-state index >= 15 is 0 Å². The molecule has 108 valence electrons. The largest absolute Gasteiger partial charge is 0.393 e. The lowest BCUT2D eigenvalue weighted by molar-refractivity contribution is 0.179. The number of anilines is 2. The van der Waals surface area contributed by atoms with Gasteiger partial charge in [-0.3, -0.25) is 14.3 Å².